The van der Waals surface area contributed by atoms with Crippen molar-refractivity contribution in [1.82, 2.24) is 106 Å². The molecule has 748 valence electrons. The van der Waals surface area contributed by atoms with E-state index in [0.717, 1.165) is 32.5 Å². The number of carboxylic acid groups (broad SMARTS) is 4. The van der Waals surface area contributed by atoms with Gasteiger partial charge in [0.2, 0.25) is 94.5 Å². The number of nitrogens with one attached hydrogen (secondary N) is 21. The Bertz CT molecular complexity index is 4380. The number of aromatic nitrogens is 2. The van der Waals surface area contributed by atoms with Crippen LogP contribution in [0.3, 0.4) is 0 Å². The molecule has 1 aromatic heterocycles. The number of nitrogens with zero attached hydrogens (tertiary/aromatic N) is 1. The Hall–Kier alpha value is -13.3. The minimum Gasteiger partial charge on any atom is -0.508 e. The number of carbonyl (C=O) groups is 20. The first-order valence-electron chi connectivity index (χ1n) is 42.2. The molecule has 35 N–H and O–H groups in total. The van der Waals surface area contributed by atoms with Crippen LogP contribution < -0.4 is 113 Å². The van der Waals surface area contributed by atoms with Gasteiger partial charge in [-0.25, -0.2) is 9.78 Å². The SMILES string of the molecule is CSCC[C@H](NC(=O)[C@H](CCC(=O)O)NC(=O)[C@H](CC(=O)O)NC(=O)[C@H](CC(=O)O)NC(=O)[C@@H](NC(=O)[C@H](Cc1cnc[nH]1)NC(=O)[C@H](CCCNC(=N)N)NC(=O)[C@H](C)NC(=O)[C@@H](N)CC(C)C)[C@@H](C)O)C(=O)N[C@H](C(=O)NCC(=O)N[C@@H](Cc1ccc(O)cc1)C(=O)N[C@H](C(=O)N[C@@H](C)C(=O)N[C@H](C(=O)N[C@@H](CCCNC(=N)N)C(=O)N[C@@H](CS)C(=O)O)[C@@H](C)O)C(C)C)[C@@H](C)O. The summed E-state index contributed by atoms with van der Waals surface area (Å²) in [5.74, 6) is -27.7. The second-order valence-corrected chi connectivity index (χ2v) is 33.3. The van der Waals surface area contributed by atoms with Gasteiger partial charge in [0.15, 0.2) is 11.9 Å². The molecule has 0 bridgehead atoms. The van der Waals surface area contributed by atoms with Crippen LogP contribution in [0.1, 0.15) is 138 Å². The predicted molar refractivity (Wildman–Crippen MR) is 479 cm³/mol. The van der Waals surface area contributed by atoms with E-state index in [1.54, 1.807) is 6.26 Å². The van der Waals surface area contributed by atoms with Gasteiger partial charge in [0.05, 0.1) is 50.1 Å². The van der Waals surface area contributed by atoms with Crippen molar-refractivity contribution in [3.8, 4) is 5.75 Å². The smallest absolute Gasteiger partial charge is 0.327 e. The van der Waals surface area contributed by atoms with Crippen molar-refractivity contribution in [1.29, 1.82) is 10.8 Å². The van der Waals surface area contributed by atoms with Gasteiger partial charge in [-0.1, -0.05) is 39.8 Å². The number of imidazole rings is 1. The molecule has 134 heavy (non-hydrogen) atoms. The largest absolute Gasteiger partial charge is 0.508 e. The second-order valence-electron chi connectivity index (χ2n) is 32.0. The third-order valence-electron chi connectivity index (χ3n) is 19.6. The number of benzene rings is 1. The molecule has 2 rings (SSSR count). The van der Waals surface area contributed by atoms with Gasteiger partial charge in [0.25, 0.3) is 0 Å². The third kappa shape index (κ3) is 43.8. The molecule has 0 aliphatic heterocycles. The lowest BCUT2D eigenvalue weighted by molar-refractivity contribution is -0.144. The van der Waals surface area contributed by atoms with Gasteiger partial charge >= 0.3 is 23.9 Å². The van der Waals surface area contributed by atoms with Crippen molar-refractivity contribution in [2.75, 3.05) is 37.4 Å². The maximum absolute atomic E-state index is 14.3. The highest BCUT2D eigenvalue weighted by atomic mass is 32.2. The summed E-state index contributed by atoms with van der Waals surface area (Å²) < 4.78 is 0. The normalized spacial score (nSPS) is 15.4. The standard InChI is InChI=1S/C79H127N25O28S2/c1-34(2)25-44(80)64(118)90-36(5)62(116)93-45(13-11-22-86-78(81)82)65(119)97-50(27-42-30-85-33-89-42)72(126)104-61(40(9)107)76(130)99-52(29-57(114)115)70(124)98-51(28-56(112)113)69(123)94-47(19-20-55(110)111)67(121)95-48(21-24-134-10)68(122)103-59(38(7)105)73(127)88-31-54(109)92-49(26-41-15-17-43(108)18-16-41)71(125)101-58(35(3)4)74(128)91-37(6)63(117)102-60(39(8)106)75(129)96-46(14-12-23-87-79(83)84)66(120)100-53(32-133)77(131)132/h15-18,30,33-40,44-53,58-61,105-108,133H,11-14,19-29,31-32,80H2,1-10H3,(H,85,89)(H,88,127)(H,90,118)(H,91,128)(H,92,109)(H,93,116)(H,94,123)(H,95,121)(H,96,129)(H,97,119)(H,98,124)(H,99,130)(H,100,120)(H,101,125)(H,102,117)(H,103,122)(H,104,126)(H,110,111)(H,112,113)(H,114,115)(H,131,132)(H4,81,82,86)(H4,83,84,87)/t36-,37-,38+,39+,40+,44-,45-,46-,47-,48-,49-,50-,51-,52-,53-,58-,59-,60-,61-/m0/s1. The number of amides is 16. The lowest BCUT2D eigenvalue weighted by Gasteiger charge is -2.28. The Morgan fingerprint density at radius 2 is 0.806 bits per heavy atom. The number of carboxylic acids is 4. The first-order valence-corrected chi connectivity index (χ1v) is 44.2. The molecular weight excluding hydrogens is 1810 g/mol. The number of aliphatic hydroxyl groups is 3. The lowest BCUT2D eigenvalue weighted by Crippen LogP contribution is -2.62. The first-order chi connectivity index (χ1) is 62.7. The Labute approximate surface area is 779 Å². The fourth-order valence-electron chi connectivity index (χ4n) is 12.4. The number of thioether (sulfide) groups is 1. The van der Waals surface area contributed by atoms with E-state index < -0.39 is 290 Å². The van der Waals surface area contributed by atoms with Crippen molar-refractivity contribution in [3.05, 3.63) is 48.0 Å². The maximum Gasteiger partial charge on any atom is 0.327 e. The van der Waals surface area contributed by atoms with Gasteiger partial charge in [-0.15, -0.1) is 0 Å². The van der Waals surface area contributed by atoms with Crippen LogP contribution in [0.4, 0.5) is 0 Å². The van der Waals surface area contributed by atoms with Crippen LogP contribution in [0.2, 0.25) is 0 Å². The lowest BCUT2D eigenvalue weighted by atomic mass is 10.0. The molecule has 0 spiro atoms. The topological polar surface area (TPSA) is 874 Å². The number of rotatable bonds is 62. The summed E-state index contributed by atoms with van der Waals surface area (Å²) >= 11 is 5.04. The summed E-state index contributed by atoms with van der Waals surface area (Å²) in [5.41, 5.74) is 17.2. The summed E-state index contributed by atoms with van der Waals surface area (Å²) in [6.07, 6.45) is -7.08. The molecule has 1 heterocycles. The quantitative estimate of drug-likeness (QED) is 0.0127. The molecule has 0 unspecified atom stereocenters. The number of aliphatic carboxylic acids is 4. The second kappa shape index (κ2) is 59.3. The van der Waals surface area contributed by atoms with Crippen LogP contribution in [0, 0.1) is 22.7 Å². The highest BCUT2D eigenvalue weighted by Gasteiger charge is 2.41. The molecular formula is C79H127N25O28S2. The fourth-order valence-corrected chi connectivity index (χ4v) is 13.1. The number of hydrogen-bond donors (Lipinski definition) is 33. The molecule has 0 aliphatic carbocycles. The molecule has 0 saturated carbocycles. The van der Waals surface area contributed by atoms with Crippen molar-refractivity contribution < 1.29 is 137 Å². The predicted octanol–water partition coefficient (Wildman–Crippen LogP) is -10.4. The number of H-pyrrole nitrogens is 1. The number of aromatic amines is 1. The first kappa shape index (κ1) is 117. The number of aromatic hydroxyl groups is 1. The third-order valence-corrected chi connectivity index (χ3v) is 20.7. The average molecular weight is 1940 g/mol. The highest BCUT2D eigenvalue weighted by Crippen LogP contribution is 2.16. The molecule has 0 radical (unpaired) electrons. The fraction of sp³-hybridized carbons (Fsp3) is 0.608. The van der Waals surface area contributed by atoms with Crippen molar-refractivity contribution in [3.63, 3.8) is 0 Å². The number of phenolic OH excluding ortho intramolecular Hbond substituents is 1. The zero-order valence-corrected chi connectivity index (χ0v) is 77.1. The van der Waals surface area contributed by atoms with Crippen LogP contribution in [0.25, 0.3) is 0 Å². The molecule has 16 amide bonds. The monoisotopic (exact) mass is 1940 g/mol. The number of aliphatic hydroxyl groups excluding tert-OH is 3. The molecule has 0 aliphatic rings. The van der Waals surface area contributed by atoms with E-state index in [4.69, 9.17) is 28.0 Å². The molecule has 53 nitrogen and oxygen atoms in total. The number of guanidine groups is 2. The zero-order valence-electron chi connectivity index (χ0n) is 75.4. The molecule has 19 atom stereocenters. The van der Waals surface area contributed by atoms with Crippen LogP contribution in [-0.2, 0) is 109 Å². The number of carbonyl (C=O) groups excluding carboxylic acids is 16. The number of phenols is 1. The van der Waals surface area contributed by atoms with Crippen molar-refractivity contribution in [2.24, 2.45) is 29.0 Å². The minimum atomic E-state index is -2.35. The van der Waals surface area contributed by atoms with E-state index in [1.165, 1.54) is 64.5 Å². The van der Waals surface area contributed by atoms with Crippen molar-refractivity contribution >= 4 is 155 Å². The van der Waals surface area contributed by atoms with E-state index in [1.807, 2.05) is 24.5 Å². The van der Waals surface area contributed by atoms with Crippen LogP contribution in [0.5, 0.6) is 5.75 Å². The maximum atomic E-state index is 14.3. The van der Waals surface area contributed by atoms with Gasteiger partial charge in [-0.2, -0.15) is 24.4 Å². The molecule has 0 fully saturated rings. The van der Waals surface area contributed by atoms with E-state index in [0.29, 0.717) is 5.56 Å². The Morgan fingerprint density at radius 3 is 1.23 bits per heavy atom. The van der Waals surface area contributed by atoms with Crippen LogP contribution in [0.15, 0.2) is 36.8 Å². The highest BCUT2D eigenvalue weighted by molar-refractivity contribution is 7.98. The minimum absolute atomic E-state index is 0.00537. The Balaban J connectivity index is 2.45. The summed E-state index contributed by atoms with van der Waals surface area (Å²) in [7, 11) is 0. The van der Waals surface area contributed by atoms with Gasteiger partial charge in [0.1, 0.15) is 96.4 Å². The molecule has 1 aromatic carbocycles. The summed E-state index contributed by atoms with van der Waals surface area (Å²) in [4.78, 5) is 278. The van der Waals surface area contributed by atoms with Crippen LogP contribution in [-0.4, -0.2) is 334 Å². The summed E-state index contributed by atoms with van der Waals surface area (Å²) in [5, 5.41) is 138. The van der Waals surface area contributed by atoms with Gasteiger partial charge in [-0.05, 0) is 121 Å². The summed E-state index contributed by atoms with van der Waals surface area (Å²) in [6, 6.07) is -22.4. The Kier molecular flexibility index (Phi) is 51.6. The zero-order chi connectivity index (χ0) is 102. The molecule has 2 aromatic rings. The van der Waals surface area contributed by atoms with Gasteiger partial charge in [0, 0.05) is 50.0 Å². The van der Waals surface area contributed by atoms with Gasteiger partial charge in [-0.3, -0.25) is 102 Å². The average Bonchev–Trinajstić information content (AvgIpc) is 1.00. The number of thiol groups is 1. The van der Waals surface area contributed by atoms with Gasteiger partial charge < -0.3 is 159 Å². The number of hydrogen-bond acceptors (Lipinski definition) is 30. The number of nitrogens with two attached hydrogens (primary N) is 3. The van der Waals surface area contributed by atoms with Crippen molar-refractivity contribution in [2.45, 2.75) is 254 Å². The van der Waals surface area contributed by atoms with Crippen LogP contribution >= 0.6 is 24.4 Å². The van der Waals surface area contributed by atoms with E-state index >= 15 is 0 Å². The van der Waals surface area contributed by atoms with E-state index in [-0.39, 0.29) is 86.9 Å². The van der Waals surface area contributed by atoms with E-state index in [9.17, 15) is 137 Å². The summed E-state index contributed by atoms with van der Waals surface area (Å²) in [6.45, 7) is 11.2. The molecule has 55 heteroatoms. The molecule has 0 saturated heterocycles. The Morgan fingerprint density at radius 1 is 0.433 bits per heavy atom. The van der Waals surface area contributed by atoms with E-state index in [2.05, 4.69) is 108 Å².